The second kappa shape index (κ2) is 10.5. The molecule has 0 aliphatic rings. The molecule has 1 unspecified atom stereocenters. The van der Waals surface area contributed by atoms with Gasteiger partial charge in [0.25, 0.3) is 11.7 Å². The molecule has 1 atom stereocenters. The molecule has 2 rings (SSSR count). The van der Waals surface area contributed by atoms with Crippen molar-refractivity contribution in [2.75, 3.05) is 17.7 Å². The molecular weight excluding hydrogens is 429 g/mol. The number of benzene rings is 2. The fraction of sp³-hybridized carbons (Fsp3) is 0.227. The van der Waals surface area contributed by atoms with Crippen molar-refractivity contribution in [3.8, 4) is 5.75 Å². The van der Waals surface area contributed by atoms with Crippen LogP contribution < -0.4 is 15.4 Å². The lowest BCUT2D eigenvalue weighted by Crippen LogP contribution is -2.30. The number of nitrogens with one attached hydrogen (secondary N) is 2. The van der Waals surface area contributed by atoms with Gasteiger partial charge in [-0.05, 0) is 43.7 Å². The van der Waals surface area contributed by atoms with E-state index in [1.54, 1.807) is 18.2 Å². The van der Waals surface area contributed by atoms with E-state index >= 15 is 0 Å². The molecule has 0 saturated carbocycles. The average molecular weight is 450 g/mol. The summed E-state index contributed by atoms with van der Waals surface area (Å²) in [5.41, 5.74) is 1.34. The number of para-hydroxylation sites is 1. The molecular formula is C22H21F3N2O5. The third-order valence-corrected chi connectivity index (χ3v) is 4.17. The number of aryl methyl sites for hydroxylation is 1. The summed E-state index contributed by atoms with van der Waals surface area (Å²) >= 11 is 0. The Hall–Kier alpha value is -3.82. The molecule has 0 aliphatic heterocycles. The summed E-state index contributed by atoms with van der Waals surface area (Å²) in [5, 5.41) is 5.06. The van der Waals surface area contributed by atoms with Crippen LogP contribution in [-0.2, 0) is 14.3 Å². The molecule has 0 aliphatic carbocycles. The van der Waals surface area contributed by atoms with Gasteiger partial charge in [-0.3, -0.25) is 9.59 Å². The number of hydrogen-bond acceptors (Lipinski definition) is 6. The lowest BCUT2D eigenvalue weighted by molar-refractivity contribution is -0.165. The number of carbonyl (C=O) groups excluding carboxylic acids is 3. The minimum Gasteiger partial charge on any atom is -0.495 e. The van der Waals surface area contributed by atoms with E-state index in [-0.39, 0.29) is 11.3 Å². The monoisotopic (exact) mass is 450 g/mol. The van der Waals surface area contributed by atoms with Crippen molar-refractivity contribution in [3.63, 3.8) is 0 Å². The number of halogens is 3. The fourth-order valence-corrected chi connectivity index (χ4v) is 2.52. The van der Waals surface area contributed by atoms with Crippen LogP contribution in [0.25, 0.3) is 0 Å². The fourth-order valence-electron chi connectivity index (χ4n) is 2.52. The van der Waals surface area contributed by atoms with Gasteiger partial charge in [-0.2, -0.15) is 13.2 Å². The molecule has 2 aromatic rings. The topological polar surface area (TPSA) is 93.7 Å². The van der Waals surface area contributed by atoms with Crippen molar-refractivity contribution in [1.82, 2.24) is 0 Å². The van der Waals surface area contributed by atoms with E-state index in [9.17, 15) is 27.6 Å². The number of alkyl halides is 3. The first-order valence-electron chi connectivity index (χ1n) is 9.32. The maximum atomic E-state index is 12.5. The van der Waals surface area contributed by atoms with Gasteiger partial charge >= 0.3 is 12.1 Å². The Kier molecular flexibility index (Phi) is 8.00. The summed E-state index contributed by atoms with van der Waals surface area (Å²) in [6.07, 6.45) is -5.13. The van der Waals surface area contributed by atoms with Gasteiger partial charge in [0.1, 0.15) is 5.75 Å². The van der Waals surface area contributed by atoms with Crippen LogP contribution >= 0.6 is 0 Å². The largest absolute Gasteiger partial charge is 0.495 e. The Morgan fingerprint density at radius 1 is 1.06 bits per heavy atom. The number of hydrogen-bond donors (Lipinski definition) is 2. The van der Waals surface area contributed by atoms with Crippen LogP contribution in [0, 0.1) is 6.92 Å². The molecule has 0 heterocycles. The number of rotatable bonds is 8. The van der Waals surface area contributed by atoms with Gasteiger partial charge < -0.3 is 20.1 Å². The highest BCUT2D eigenvalue weighted by Crippen LogP contribution is 2.25. The van der Waals surface area contributed by atoms with Gasteiger partial charge in [-0.1, -0.05) is 18.2 Å². The number of carbonyl (C=O) groups is 3. The summed E-state index contributed by atoms with van der Waals surface area (Å²) < 4.78 is 47.2. The van der Waals surface area contributed by atoms with Crippen molar-refractivity contribution in [1.29, 1.82) is 0 Å². The van der Waals surface area contributed by atoms with Crippen LogP contribution in [0.5, 0.6) is 5.75 Å². The van der Waals surface area contributed by atoms with Crippen LogP contribution in [0.15, 0.2) is 54.7 Å². The van der Waals surface area contributed by atoms with Crippen molar-refractivity contribution in [3.05, 3.63) is 65.9 Å². The summed E-state index contributed by atoms with van der Waals surface area (Å²) in [5.74, 6) is -3.12. The molecule has 0 spiro atoms. The van der Waals surface area contributed by atoms with Crippen LogP contribution in [0.4, 0.5) is 24.5 Å². The number of methoxy groups -OCH3 is 1. The van der Waals surface area contributed by atoms with Crippen molar-refractivity contribution in [2.45, 2.75) is 26.1 Å². The van der Waals surface area contributed by atoms with E-state index in [0.29, 0.717) is 17.5 Å². The zero-order valence-electron chi connectivity index (χ0n) is 17.4. The van der Waals surface area contributed by atoms with Crippen molar-refractivity contribution < 1.29 is 37.0 Å². The molecule has 0 bridgehead atoms. The highest BCUT2D eigenvalue weighted by atomic mass is 19.4. The van der Waals surface area contributed by atoms with Gasteiger partial charge in [0, 0.05) is 12.3 Å². The number of allylic oxidation sites excluding steroid dienone is 1. The molecule has 32 heavy (non-hydrogen) atoms. The number of esters is 1. The van der Waals surface area contributed by atoms with E-state index in [4.69, 9.17) is 9.47 Å². The first kappa shape index (κ1) is 24.4. The van der Waals surface area contributed by atoms with E-state index in [2.05, 4.69) is 10.6 Å². The Balaban J connectivity index is 2.08. The Labute approximate surface area is 182 Å². The summed E-state index contributed by atoms with van der Waals surface area (Å²) in [7, 11) is 1.45. The first-order chi connectivity index (χ1) is 15.0. The van der Waals surface area contributed by atoms with Crippen LogP contribution in [-0.4, -0.2) is 37.0 Å². The van der Waals surface area contributed by atoms with E-state index < -0.39 is 29.9 Å². The number of ether oxygens (including phenoxy) is 2. The standard InChI is InChI=1S/C22H21F3N2O5/c1-13-8-9-18(31-3)17(12-13)27-20(29)14(2)32-21(30)15-6-4-5-7-16(15)26-11-10-19(28)22(23,24)25/h4-12,14,26H,1-3H3,(H,27,29)/b11-10+. The number of amides is 1. The van der Waals surface area contributed by atoms with Crippen LogP contribution in [0.3, 0.4) is 0 Å². The summed E-state index contributed by atoms with van der Waals surface area (Å²) in [4.78, 5) is 35.9. The molecule has 7 nitrogen and oxygen atoms in total. The van der Waals surface area contributed by atoms with Gasteiger partial charge in [-0.25, -0.2) is 4.79 Å². The highest BCUT2D eigenvalue weighted by Gasteiger charge is 2.36. The molecule has 2 N–H and O–H groups in total. The van der Waals surface area contributed by atoms with Crippen molar-refractivity contribution in [2.24, 2.45) is 0 Å². The third kappa shape index (κ3) is 6.59. The SMILES string of the molecule is COc1ccc(C)cc1NC(=O)C(C)OC(=O)c1ccccc1N/C=C/C(=O)C(F)(F)F. The highest BCUT2D eigenvalue weighted by molar-refractivity contribution is 6.00. The molecule has 0 radical (unpaired) electrons. The Bertz CT molecular complexity index is 1030. The van der Waals surface area contributed by atoms with Gasteiger partial charge in [-0.15, -0.1) is 0 Å². The third-order valence-electron chi connectivity index (χ3n) is 4.17. The normalized spacial score (nSPS) is 12.2. The second-order valence-corrected chi connectivity index (χ2v) is 6.63. The van der Waals surface area contributed by atoms with E-state index in [0.717, 1.165) is 11.8 Å². The molecule has 0 aromatic heterocycles. The lowest BCUT2D eigenvalue weighted by atomic mass is 10.1. The Morgan fingerprint density at radius 2 is 1.75 bits per heavy atom. The molecule has 2 aromatic carbocycles. The number of anilines is 2. The number of ketones is 1. The average Bonchev–Trinajstić information content (AvgIpc) is 2.73. The molecule has 170 valence electrons. The summed E-state index contributed by atoms with van der Waals surface area (Å²) in [6.45, 7) is 3.20. The minimum atomic E-state index is -5.00. The molecule has 1 amide bonds. The predicted octanol–water partition coefficient (Wildman–Crippen LogP) is 4.24. The van der Waals surface area contributed by atoms with Gasteiger partial charge in [0.2, 0.25) is 0 Å². The summed E-state index contributed by atoms with van der Waals surface area (Å²) in [6, 6.07) is 11.0. The Morgan fingerprint density at radius 3 is 2.41 bits per heavy atom. The smallest absolute Gasteiger partial charge is 0.454 e. The molecule has 10 heteroatoms. The van der Waals surface area contributed by atoms with Crippen LogP contribution in [0.2, 0.25) is 0 Å². The zero-order valence-corrected chi connectivity index (χ0v) is 17.4. The maximum absolute atomic E-state index is 12.5. The lowest BCUT2D eigenvalue weighted by Gasteiger charge is -2.16. The predicted molar refractivity (Wildman–Crippen MR) is 112 cm³/mol. The second-order valence-electron chi connectivity index (χ2n) is 6.63. The van der Waals surface area contributed by atoms with Crippen molar-refractivity contribution >= 4 is 29.0 Å². The molecule has 0 fully saturated rings. The van der Waals surface area contributed by atoms with E-state index in [1.165, 1.54) is 38.3 Å². The maximum Gasteiger partial charge on any atom is 0.454 e. The van der Waals surface area contributed by atoms with Gasteiger partial charge in [0.05, 0.1) is 24.0 Å². The van der Waals surface area contributed by atoms with Gasteiger partial charge in [0.15, 0.2) is 6.10 Å². The zero-order chi connectivity index (χ0) is 23.9. The molecule has 0 saturated heterocycles. The van der Waals surface area contributed by atoms with Crippen LogP contribution in [0.1, 0.15) is 22.8 Å². The first-order valence-corrected chi connectivity index (χ1v) is 9.32. The minimum absolute atomic E-state index is 0.0376. The quantitative estimate of drug-likeness (QED) is 0.462. The van der Waals surface area contributed by atoms with E-state index in [1.807, 2.05) is 6.92 Å².